The highest BCUT2D eigenvalue weighted by Gasteiger charge is 2.28. The number of esters is 1. The van der Waals surface area contributed by atoms with Crippen LogP contribution >= 0.6 is 0 Å². The van der Waals surface area contributed by atoms with Gasteiger partial charge in [0, 0.05) is 13.1 Å². The van der Waals surface area contributed by atoms with Gasteiger partial charge in [-0.2, -0.15) is 0 Å². The zero-order chi connectivity index (χ0) is 21.9. The van der Waals surface area contributed by atoms with E-state index < -0.39 is 22.1 Å². The lowest BCUT2D eigenvalue weighted by Crippen LogP contribution is -2.37. The van der Waals surface area contributed by atoms with Gasteiger partial charge in [0.2, 0.25) is 0 Å². The summed E-state index contributed by atoms with van der Waals surface area (Å²) in [6.07, 6.45) is 0.940. The van der Waals surface area contributed by atoms with Crippen LogP contribution in [0.3, 0.4) is 0 Å². The molecule has 1 saturated carbocycles. The average Bonchev–Trinajstić information content (AvgIpc) is 3.57. The number of amides is 1. The molecule has 0 bridgehead atoms. The van der Waals surface area contributed by atoms with Crippen LogP contribution in [0.1, 0.15) is 30.1 Å². The molecule has 1 aliphatic carbocycles. The van der Waals surface area contributed by atoms with Gasteiger partial charge in [-0.25, -0.2) is 13.2 Å². The largest absolute Gasteiger partial charge is 0.495 e. The number of sulfonamides is 1. The monoisotopic (exact) mass is 432 g/mol. The standard InChI is InChI=1S/C21H24N2O6S/c1-14(20(24)22-16-10-11-16)29-21(25)15-8-12-17(13-9-15)30(26,27)23(2)18-6-4-5-7-19(18)28-3/h4-9,12-14,16H,10-11H2,1-3H3,(H,22,24)/t14-/m1/s1. The lowest BCUT2D eigenvalue weighted by Gasteiger charge is -2.21. The van der Waals surface area contributed by atoms with Gasteiger partial charge in [0.15, 0.2) is 6.10 Å². The van der Waals surface area contributed by atoms with Gasteiger partial charge in [-0.3, -0.25) is 9.10 Å². The van der Waals surface area contributed by atoms with Crippen molar-refractivity contribution in [3.8, 4) is 5.75 Å². The number of carbonyl (C=O) groups is 2. The summed E-state index contributed by atoms with van der Waals surface area (Å²) in [6.45, 7) is 1.50. The van der Waals surface area contributed by atoms with E-state index in [1.54, 1.807) is 24.3 Å². The number of carbonyl (C=O) groups excluding carboxylic acids is 2. The van der Waals surface area contributed by atoms with E-state index in [9.17, 15) is 18.0 Å². The van der Waals surface area contributed by atoms with Gasteiger partial charge in [-0.1, -0.05) is 12.1 Å². The third-order valence-corrected chi connectivity index (χ3v) is 6.54. The predicted molar refractivity (Wildman–Crippen MR) is 111 cm³/mol. The highest BCUT2D eigenvalue weighted by Crippen LogP contribution is 2.30. The van der Waals surface area contributed by atoms with Crippen LogP contribution < -0.4 is 14.4 Å². The van der Waals surface area contributed by atoms with E-state index in [1.165, 1.54) is 45.3 Å². The number of methoxy groups -OCH3 is 1. The van der Waals surface area contributed by atoms with Crippen molar-refractivity contribution in [1.82, 2.24) is 5.32 Å². The van der Waals surface area contributed by atoms with Crippen LogP contribution in [0.5, 0.6) is 5.75 Å². The van der Waals surface area contributed by atoms with Crippen molar-refractivity contribution in [1.29, 1.82) is 0 Å². The SMILES string of the molecule is COc1ccccc1N(C)S(=O)(=O)c1ccc(C(=O)O[C@H](C)C(=O)NC2CC2)cc1. The molecule has 1 atom stereocenters. The summed E-state index contributed by atoms with van der Waals surface area (Å²) >= 11 is 0. The number of hydrogen-bond acceptors (Lipinski definition) is 6. The summed E-state index contributed by atoms with van der Waals surface area (Å²) in [7, 11) is -0.983. The highest BCUT2D eigenvalue weighted by atomic mass is 32.2. The molecule has 0 unspecified atom stereocenters. The van der Waals surface area contributed by atoms with Crippen LogP contribution in [0.25, 0.3) is 0 Å². The second-order valence-corrected chi connectivity index (χ2v) is 8.97. The lowest BCUT2D eigenvalue weighted by molar-refractivity contribution is -0.129. The third kappa shape index (κ3) is 4.73. The van der Waals surface area contributed by atoms with Crippen LogP contribution in [0, 0.1) is 0 Å². The molecule has 0 spiro atoms. The van der Waals surface area contributed by atoms with Gasteiger partial charge in [-0.05, 0) is 56.2 Å². The molecular formula is C21H24N2O6S. The first-order valence-electron chi connectivity index (χ1n) is 9.47. The predicted octanol–water partition coefficient (Wildman–Crippen LogP) is 2.34. The molecule has 1 amide bonds. The van der Waals surface area contributed by atoms with Gasteiger partial charge < -0.3 is 14.8 Å². The number of nitrogens with zero attached hydrogens (tertiary/aromatic N) is 1. The summed E-state index contributed by atoms with van der Waals surface area (Å²) in [5.74, 6) is -0.624. The number of nitrogens with one attached hydrogen (secondary N) is 1. The number of hydrogen-bond donors (Lipinski definition) is 1. The lowest BCUT2D eigenvalue weighted by atomic mass is 10.2. The molecule has 0 aliphatic heterocycles. The molecule has 0 saturated heterocycles. The average molecular weight is 432 g/mol. The van der Waals surface area contributed by atoms with E-state index >= 15 is 0 Å². The maximum atomic E-state index is 13.0. The van der Waals surface area contributed by atoms with E-state index in [1.807, 2.05) is 0 Å². The van der Waals surface area contributed by atoms with E-state index in [0.717, 1.165) is 17.1 Å². The second kappa shape index (κ2) is 8.74. The van der Waals surface area contributed by atoms with Crippen molar-refractivity contribution in [3.63, 3.8) is 0 Å². The molecule has 0 aromatic heterocycles. The van der Waals surface area contributed by atoms with Crippen LogP contribution in [0.15, 0.2) is 53.4 Å². The minimum atomic E-state index is -3.87. The Labute approximate surface area is 175 Å². The minimum absolute atomic E-state index is 0.00646. The van der Waals surface area contributed by atoms with Crippen molar-refractivity contribution in [2.24, 2.45) is 0 Å². The summed E-state index contributed by atoms with van der Waals surface area (Å²) in [5.41, 5.74) is 0.541. The van der Waals surface area contributed by atoms with Crippen molar-refractivity contribution >= 4 is 27.6 Å². The first-order chi connectivity index (χ1) is 14.2. The van der Waals surface area contributed by atoms with Crippen molar-refractivity contribution < 1.29 is 27.5 Å². The fraction of sp³-hybridized carbons (Fsp3) is 0.333. The smallest absolute Gasteiger partial charge is 0.338 e. The summed E-state index contributed by atoms with van der Waals surface area (Å²) in [5, 5.41) is 2.77. The van der Waals surface area contributed by atoms with Crippen molar-refractivity contribution in [2.45, 2.75) is 36.8 Å². The molecule has 30 heavy (non-hydrogen) atoms. The zero-order valence-electron chi connectivity index (χ0n) is 17.0. The molecule has 1 fully saturated rings. The summed E-state index contributed by atoms with van der Waals surface area (Å²) in [6, 6.07) is 12.3. The Hall–Kier alpha value is -3.07. The van der Waals surface area contributed by atoms with Gasteiger partial charge >= 0.3 is 5.97 Å². The Kier molecular flexibility index (Phi) is 6.31. The first kappa shape index (κ1) is 21.6. The van der Waals surface area contributed by atoms with Gasteiger partial charge in [-0.15, -0.1) is 0 Å². The summed E-state index contributed by atoms with van der Waals surface area (Å²) < 4.78 is 37.4. The van der Waals surface area contributed by atoms with Crippen molar-refractivity contribution in [3.05, 3.63) is 54.1 Å². The van der Waals surface area contributed by atoms with E-state index in [0.29, 0.717) is 11.4 Å². The number of benzene rings is 2. The third-order valence-electron chi connectivity index (χ3n) is 4.75. The van der Waals surface area contributed by atoms with Crippen LogP contribution in [-0.4, -0.2) is 46.6 Å². The minimum Gasteiger partial charge on any atom is -0.495 e. The maximum Gasteiger partial charge on any atom is 0.338 e. The molecule has 2 aromatic carbocycles. The number of ether oxygens (including phenoxy) is 2. The number of anilines is 1. The van der Waals surface area contributed by atoms with E-state index in [4.69, 9.17) is 9.47 Å². The fourth-order valence-electron chi connectivity index (χ4n) is 2.77. The van der Waals surface area contributed by atoms with Gasteiger partial charge in [0.1, 0.15) is 5.75 Å². The number of rotatable bonds is 8. The van der Waals surface area contributed by atoms with Gasteiger partial charge in [0.05, 0.1) is 23.3 Å². The topological polar surface area (TPSA) is 102 Å². The molecule has 8 nitrogen and oxygen atoms in total. The molecule has 0 heterocycles. The van der Waals surface area contributed by atoms with Crippen molar-refractivity contribution in [2.75, 3.05) is 18.5 Å². The molecule has 1 aliphatic rings. The molecular weight excluding hydrogens is 408 g/mol. The Morgan fingerprint density at radius 3 is 2.33 bits per heavy atom. The molecule has 3 rings (SSSR count). The quantitative estimate of drug-likeness (QED) is 0.643. The second-order valence-electron chi connectivity index (χ2n) is 7.00. The first-order valence-corrected chi connectivity index (χ1v) is 10.9. The van der Waals surface area contributed by atoms with Crippen LogP contribution in [0.2, 0.25) is 0 Å². The zero-order valence-corrected chi connectivity index (χ0v) is 17.8. The normalized spacial score (nSPS) is 14.5. The molecule has 0 radical (unpaired) electrons. The van der Waals surface area contributed by atoms with E-state index in [2.05, 4.69) is 5.32 Å². The Morgan fingerprint density at radius 1 is 1.10 bits per heavy atom. The van der Waals surface area contributed by atoms with Crippen LogP contribution in [-0.2, 0) is 19.6 Å². The summed E-state index contributed by atoms with van der Waals surface area (Å²) in [4.78, 5) is 24.2. The van der Waals surface area contributed by atoms with Crippen LogP contribution in [0.4, 0.5) is 5.69 Å². The fourth-order valence-corrected chi connectivity index (χ4v) is 3.97. The number of para-hydroxylation sites is 2. The maximum absolute atomic E-state index is 13.0. The molecule has 9 heteroatoms. The van der Waals surface area contributed by atoms with Gasteiger partial charge in [0.25, 0.3) is 15.9 Å². The molecule has 1 N–H and O–H groups in total. The molecule has 160 valence electrons. The van der Waals surface area contributed by atoms with E-state index in [-0.39, 0.29) is 22.4 Å². The molecule has 2 aromatic rings. The highest BCUT2D eigenvalue weighted by molar-refractivity contribution is 7.92. The Morgan fingerprint density at radius 2 is 1.73 bits per heavy atom. The Balaban J connectivity index is 1.72. The Bertz CT molecular complexity index is 1030.